The molecule has 0 N–H and O–H groups in total. The van der Waals surface area contributed by atoms with Crippen molar-refractivity contribution in [3.05, 3.63) is 66.5 Å². The summed E-state index contributed by atoms with van der Waals surface area (Å²) < 4.78 is 11.1. The lowest BCUT2D eigenvalue weighted by atomic mass is 9.98. The first-order valence-corrected chi connectivity index (χ1v) is 12.9. The number of nitrogens with zero attached hydrogens (tertiary/aromatic N) is 2. The van der Waals surface area contributed by atoms with Gasteiger partial charge in [-0.05, 0) is 41.9 Å². The number of carbonyl (C=O) groups excluding carboxylic acids is 1. The Morgan fingerprint density at radius 3 is 2.06 bits per heavy atom. The van der Waals surface area contributed by atoms with E-state index in [-0.39, 0.29) is 5.97 Å². The van der Waals surface area contributed by atoms with Gasteiger partial charge in [-0.2, -0.15) is 0 Å². The summed E-state index contributed by atoms with van der Waals surface area (Å²) in [6, 6.07) is 16.9. The zero-order valence-corrected chi connectivity index (χ0v) is 21.3. The van der Waals surface area contributed by atoms with Crippen LogP contribution in [-0.4, -0.2) is 29.2 Å². The molecule has 1 aromatic heterocycles. The molecule has 186 valence electrons. The van der Waals surface area contributed by atoms with Crippen LogP contribution in [0.25, 0.3) is 22.5 Å². The Labute approximate surface area is 209 Å². The SMILES string of the molecule is CCCCCC(=O)OC[C@H](C)Cc1ccc(-c2ccc(-c3ncc(OCCCC)cn3)cc2)cc1. The molecule has 0 amide bonds. The molecule has 0 spiro atoms. The van der Waals surface area contributed by atoms with Gasteiger partial charge in [0, 0.05) is 12.0 Å². The van der Waals surface area contributed by atoms with E-state index in [1.54, 1.807) is 12.4 Å². The van der Waals surface area contributed by atoms with E-state index in [2.05, 4.69) is 67.1 Å². The van der Waals surface area contributed by atoms with Gasteiger partial charge in [-0.25, -0.2) is 9.97 Å². The van der Waals surface area contributed by atoms with E-state index >= 15 is 0 Å². The molecular formula is C30H38N2O3. The molecule has 3 rings (SSSR count). The highest BCUT2D eigenvalue weighted by atomic mass is 16.5. The van der Waals surface area contributed by atoms with Crippen LogP contribution in [0.5, 0.6) is 5.75 Å². The van der Waals surface area contributed by atoms with Crippen molar-refractivity contribution in [1.29, 1.82) is 0 Å². The van der Waals surface area contributed by atoms with E-state index in [1.165, 1.54) is 5.56 Å². The Kier molecular flexibility index (Phi) is 10.7. The van der Waals surface area contributed by atoms with E-state index in [0.29, 0.717) is 37.1 Å². The molecule has 0 unspecified atom stereocenters. The van der Waals surface area contributed by atoms with Gasteiger partial charge < -0.3 is 9.47 Å². The summed E-state index contributed by atoms with van der Waals surface area (Å²) in [5, 5.41) is 0. The zero-order chi connectivity index (χ0) is 24.9. The summed E-state index contributed by atoms with van der Waals surface area (Å²) in [5.74, 6) is 1.61. The first-order valence-electron chi connectivity index (χ1n) is 12.9. The van der Waals surface area contributed by atoms with Gasteiger partial charge >= 0.3 is 5.97 Å². The van der Waals surface area contributed by atoms with Crippen LogP contribution in [0.3, 0.4) is 0 Å². The summed E-state index contributed by atoms with van der Waals surface area (Å²) in [6.07, 6.45) is 10.1. The van der Waals surface area contributed by atoms with E-state index < -0.39 is 0 Å². The van der Waals surface area contributed by atoms with Crippen LogP contribution >= 0.6 is 0 Å². The molecule has 5 heteroatoms. The fraction of sp³-hybridized carbons (Fsp3) is 0.433. The molecule has 5 nitrogen and oxygen atoms in total. The molecule has 1 atom stereocenters. The number of hydrogen-bond donors (Lipinski definition) is 0. The molecule has 35 heavy (non-hydrogen) atoms. The number of ether oxygens (including phenoxy) is 2. The molecular weight excluding hydrogens is 436 g/mol. The van der Waals surface area contributed by atoms with Gasteiger partial charge in [-0.1, -0.05) is 88.6 Å². The number of unbranched alkanes of at least 4 members (excludes halogenated alkanes) is 3. The average Bonchev–Trinajstić information content (AvgIpc) is 2.89. The van der Waals surface area contributed by atoms with Gasteiger partial charge in [0.15, 0.2) is 11.6 Å². The third-order valence-corrected chi connectivity index (χ3v) is 5.92. The first kappa shape index (κ1) is 26.4. The summed E-state index contributed by atoms with van der Waals surface area (Å²) in [6.45, 7) is 7.56. The molecule has 0 aliphatic carbocycles. The predicted molar refractivity (Wildman–Crippen MR) is 141 cm³/mol. The second-order valence-corrected chi connectivity index (χ2v) is 9.17. The van der Waals surface area contributed by atoms with Gasteiger partial charge in [-0.3, -0.25) is 4.79 Å². The second kappa shape index (κ2) is 14.2. The molecule has 0 radical (unpaired) electrons. The van der Waals surface area contributed by atoms with Crippen LogP contribution in [-0.2, 0) is 16.0 Å². The minimum absolute atomic E-state index is 0.0780. The zero-order valence-electron chi connectivity index (χ0n) is 21.3. The lowest BCUT2D eigenvalue weighted by Gasteiger charge is -2.13. The molecule has 0 aliphatic heterocycles. The molecule has 3 aromatic rings. The largest absolute Gasteiger partial charge is 0.490 e. The monoisotopic (exact) mass is 474 g/mol. The van der Waals surface area contributed by atoms with Gasteiger partial charge in [0.1, 0.15) is 0 Å². The maximum Gasteiger partial charge on any atom is 0.305 e. The minimum atomic E-state index is -0.0780. The normalized spacial score (nSPS) is 11.7. The first-order chi connectivity index (χ1) is 17.1. The summed E-state index contributed by atoms with van der Waals surface area (Å²) in [5.41, 5.74) is 4.53. The molecule has 0 saturated carbocycles. The van der Waals surface area contributed by atoms with Crippen LogP contribution in [0.2, 0.25) is 0 Å². The van der Waals surface area contributed by atoms with Crippen LogP contribution in [0, 0.1) is 5.92 Å². The van der Waals surface area contributed by atoms with E-state index in [1.807, 2.05) is 12.1 Å². The van der Waals surface area contributed by atoms with Crippen molar-refractivity contribution in [2.75, 3.05) is 13.2 Å². The number of carbonyl (C=O) groups is 1. The van der Waals surface area contributed by atoms with Crippen molar-refractivity contribution < 1.29 is 14.3 Å². The predicted octanol–water partition coefficient (Wildman–Crippen LogP) is 7.29. The fourth-order valence-corrected chi connectivity index (χ4v) is 3.81. The average molecular weight is 475 g/mol. The summed E-state index contributed by atoms with van der Waals surface area (Å²) >= 11 is 0. The van der Waals surface area contributed by atoms with Crippen LogP contribution in [0.4, 0.5) is 0 Å². The summed E-state index contributed by atoms with van der Waals surface area (Å²) in [4.78, 5) is 20.7. The standard InChI is InChI=1S/C30H38N2O3/c1-4-6-8-9-29(33)35-22-23(3)19-24-10-12-25(13-11-24)26-14-16-27(17-15-26)30-31-20-28(21-32-30)34-18-7-5-2/h10-17,20-21,23H,4-9,18-19,22H2,1-3H3/t23-/m1/s1. The van der Waals surface area contributed by atoms with Crippen molar-refractivity contribution >= 4 is 5.97 Å². The topological polar surface area (TPSA) is 61.3 Å². The maximum atomic E-state index is 11.8. The quantitative estimate of drug-likeness (QED) is 0.181. The molecule has 0 aliphatic rings. The smallest absolute Gasteiger partial charge is 0.305 e. The van der Waals surface area contributed by atoms with Crippen molar-refractivity contribution in [3.8, 4) is 28.3 Å². The highest BCUT2D eigenvalue weighted by molar-refractivity contribution is 5.69. The van der Waals surface area contributed by atoms with Crippen LogP contribution in [0.15, 0.2) is 60.9 Å². The van der Waals surface area contributed by atoms with E-state index in [4.69, 9.17) is 9.47 Å². The van der Waals surface area contributed by atoms with Gasteiger partial charge in [-0.15, -0.1) is 0 Å². The number of rotatable bonds is 14. The molecule has 0 saturated heterocycles. The molecule has 2 aromatic carbocycles. The Hall–Kier alpha value is -3.21. The van der Waals surface area contributed by atoms with Gasteiger partial charge in [0.05, 0.1) is 25.6 Å². The van der Waals surface area contributed by atoms with E-state index in [9.17, 15) is 4.79 Å². The molecule has 0 fully saturated rings. The van der Waals surface area contributed by atoms with Crippen molar-refractivity contribution in [3.63, 3.8) is 0 Å². The highest BCUT2D eigenvalue weighted by Crippen LogP contribution is 2.24. The van der Waals surface area contributed by atoms with Crippen molar-refractivity contribution in [1.82, 2.24) is 9.97 Å². The van der Waals surface area contributed by atoms with Gasteiger partial charge in [0.25, 0.3) is 0 Å². The second-order valence-electron chi connectivity index (χ2n) is 9.17. The van der Waals surface area contributed by atoms with Crippen molar-refractivity contribution in [2.45, 2.75) is 65.7 Å². The van der Waals surface area contributed by atoms with Gasteiger partial charge in [0.2, 0.25) is 0 Å². The third-order valence-electron chi connectivity index (χ3n) is 5.92. The van der Waals surface area contributed by atoms with Crippen molar-refractivity contribution in [2.24, 2.45) is 5.92 Å². The Morgan fingerprint density at radius 2 is 1.43 bits per heavy atom. The highest BCUT2D eigenvalue weighted by Gasteiger charge is 2.09. The Bertz CT molecular complexity index is 1010. The Morgan fingerprint density at radius 1 is 0.829 bits per heavy atom. The fourth-order valence-electron chi connectivity index (χ4n) is 3.81. The number of esters is 1. The molecule has 0 bridgehead atoms. The Balaban J connectivity index is 1.50. The number of aromatic nitrogens is 2. The minimum Gasteiger partial charge on any atom is -0.490 e. The third kappa shape index (κ3) is 8.82. The number of hydrogen-bond acceptors (Lipinski definition) is 5. The summed E-state index contributed by atoms with van der Waals surface area (Å²) in [7, 11) is 0. The van der Waals surface area contributed by atoms with Crippen LogP contribution < -0.4 is 4.74 Å². The lowest BCUT2D eigenvalue weighted by Crippen LogP contribution is -2.13. The lowest BCUT2D eigenvalue weighted by molar-refractivity contribution is -0.145. The van der Waals surface area contributed by atoms with E-state index in [0.717, 1.165) is 55.2 Å². The maximum absolute atomic E-state index is 11.8. The molecule has 1 heterocycles. The number of benzene rings is 2. The van der Waals surface area contributed by atoms with Crippen LogP contribution in [0.1, 0.15) is 64.9 Å².